The summed E-state index contributed by atoms with van der Waals surface area (Å²) in [5.74, 6) is 0. The lowest BCUT2D eigenvalue weighted by Gasteiger charge is -2.04. The summed E-state index contributed by atoms with van der Waals surface area (Å²) in [6, 6.07) is 13.8. The van der Waals surface area contributed by atoms with Crippen LogP contribution in [0.5, 0.6) is 0 Å². The highest BCUT2D eigenvalue weighted by Gasteiger charge is 2.10. The van der Waals surface area contributed by atoms with Crippen LogP contribution in [0.1, 0.15) is 5.56 Å². The van der Waals surface area contributed by atoms with E-state index in [0.29, 0.717) is 22.7 Å². The van der Waals surface area contributed by atoms with Gasteiger partial charge in [0.25, 0.3) is 5.69 Å². The predicted molar refractivity (Wildman–Crippen MR) is 91.4 cm³/mol. The molecule has 0 atom stereocenters. The fourth-order valence-corrected chi connectivity index (χ4v) is 2.55. The lowest BCUT2D eigenvalue weighted by molar-refractivity contribution is -0.384. The van der Waals surface area contributed by atoms with E-state index < -0.39 is 4.92 Å². The SMILES string of the molecule is N#C/C(=C/c1cc([N+](=O)[O-])ccc1Cl)Cn1cnc2ccccc21. The van der Waals surface area contributed by atoms with Crippen molar-refractivity contribution in [2.24, 2.45) is 0 Å². The molecule has 0 aliphatic heterocycles. The number of aromatic nitrogens is 2. The lowest BCUT2D eigenvalue weighted by atomic mass is 10.1. The highest BCUT2D eigenvalue weighted by atomic mass is 35.5. The second-order valence-corrected chi connectivity index (χ2v) is 5.51. The zero-order valence-electron chi connectivity index (χ0n) is 12.4. The van der Waals surface area contributed by atoms with Gasteiger partial charge in [-0.2, -0.15) is 5.26 Å². The van der Waals surface area contributed by atoms with E-state index in [4.69, 9.17) is 11.6 Å². The van der Waals surface area contributed by atoms with Crippen LogP contribution in [0.3, 0.4) is 0 Å². The van der Waals surface area contributed by atoms with Gasteiger partial charge in [0.1, 0.15) is 0 Å². The van der Waals surface area contributed by atoms with E-state index in [2.05, 4.69) is 11.1 Å². The zero-order chi connectivity index (χ0) is 17.1. The number of para-hydroxylation sites is 2. The molecule has 24 heavy (non-hydrogen) atoms. The first-order chi connectivity index (χ1) is 11.6. The van der Waals surface area contributed by atoms with Gasteiger partial charge >= 0.3 is 0 Å². The first kappa shape index (κ1) is 15.7. The summed E-state index contributed by atoms with van der Waals surface area (Å²) in [4.78, 5) is 14.7. The first-order valence-electron chi connectivity index (χ1n) is 7.03. The molecule has 0 bridgehead atoms. The van der Waals surface area contributed by atoms with Crippen molar-refractivity contribution in [3.63, 3.8) is 0 Å². The van der Waals surface area contributed by atoms with Crippen LogP contribution in [0.25, 0.3) is 17.1 Å². The molecule has 6 nitrogen and oxygen atoms in total. The minimum absolute atomic E-state index is 0.0731. The molecule has 0 aliphatic rings. The summed E-state index contributed by atoms with van der Waals surface area (Å²) in [6.45, 7) is 0.302. The van der Waals surface area contributed by atoms with E-state index in [0.717, 1.165) is 11.0 Å². The number of benzene rings is 2. The van der Waals surface area contributed by atoms with Gasteiger partial charge in [0.2, 0.25) is 0 Å². The molecule has 3 rings (SSSR count). The molecule has 0 aliphatic carbocycles. The molecule has 1 heterocycles. The molecule has 1 aromatic heterocycles. The smallest absolute Gasteiger partial charge is 0.270 e. The molecule has 118 valence electrons. The van der Waals surface area contributed by atoms with Crippen LogP contribution in [0, 0.1) is 21.4 Å². The molecule has 0 unspecified atom stereocenters. The van der Waals surface area contributed by atoms with Gasteiger partial charge in [0.15, 0.2) is 0 Å². The average Bonchev–Trinajstić information content (AvgIpc) is 2.99. The van der Waals surface area contributed by atoms with Gasteiger partial charge in [0.05, 0.1) is 34.9 Å². The van der Waals surface area contributed by atoms with Gasteiger partial charge < -0.3 is 4.57 Å². The number of halogens is 1. The summed E-state index contributed by atoms with van der Waals surface area (Å²) in [6.07, 6.45) is 3.22. The fourth-order valence-electron chi connectivity index (χ4n) is 2.38. The van der Waals surface area contributed by atoms with Crippen LogP contribution in [-0.4, -0.2) is 14.5 Å². The van der Waals surface area contributed by atoms with Crippen LogP contribution in [0.4, 0.5) is 5.69 Å². The molecule has 7 heteroatoms. The number of non-ortho nitro benzene ring substituents is 1. The van der Waals surface area contributed by atoms with Crippen LogP contribution in [0.15, 0.2) is 54.4 Å². The number of nitro benzene ring substituents is 1. The second kappa shape index (κ2) is 6.52. The first-order valence-corrected chi connectivity index (χ1v) is 7.41. The molecule has 2 aromatic carbocycles. The summed E-state index contributed by atoms with van der Waals surface area (Å²) >= 11 is 6.08. The van der Waals surface area contributed by atoms with Gasteiger partial charge in [-0.05, 0) is 24.3 Å². The topological polar surface area (TPSA) is 84.7 Å². The molecule has 0 N–H and O–H groups in total. The van der Waals surface area contributed by atoms with E-state index in [-0.39, 0.29) is 5.69 Å². The van der Waals surface area contributed by atoms with Gasteiger partial charge in [-0.1, -0.05) is 23.7 Å². The summed E-state index contributed by atoms with van der Waals surface area (Å²) in [5, 5.41) is 20.6. The number of fused-ring (bicyclic) bond motifs is 1. The van der Waals surface area contributed by atoms with E-state index in [1.165, 1.54) is 18.2 Å². The van der Waals surface area contributed by atoms with Crippen LogP contribution >= 0.6 is 11.6 Å². The third-order valence-electron chi connectivity index (χ3n) is 3.53. The fraction of sp³-hybridized carbons (Fsp3) is 0.0588. The van der Waals surface area contributed by atoms with Crippen molar-refractivity contribution in [2.45, 2.75) is 6.54 Å². The summed E-state index contributed by atoms with van der Waals surface area (Å²) in [5.41, 5.74) is 2.52. The molecule has 0 amide bonds. The van der Waals surface area contributed by atoms with Crippen molar-refractivity contribution in [1.29, 1.82) is 5.26 Å². The zero-order valence-corrected chi connectivity index (χ0v) is 13.1. The van der Waals surface area contributed by atoms with Gasteiger partial charge in [-0.3, -0.25) is 10.1 Å². The predicted octanol–water partition coefficient (Wildman–Crippen LogP) is 4.21. The average molecular weight is 339 g/mol. The number of rotatable bonds is 4. The van der Waals surface area contributed by atoms with Crippen molar-refractivity contribution in [1.82, 2.24) is 9.55 Å². The quantitative estimate of drug-likeness (QED) is 0.405. The Bertz CT molecular complexity index is 1000. The number of hydrogen-bond acceptors (Lipinski definition) is 4. The van der Waals surface area contributed by atoms with E-state index in [9.17, 15) is 15.4 Å². The molecule has 0 spiro atoms. The highest BCUT2D eigenvalue weighted by Crippen LogP contribution is 2.25. The third-order valence-corrected chi connectivity index (χ3v) is 3.88. The molecule has 3 aromatic rings. The van der Waals surface area contributed by atoms with Crippen molar-refractivity contribution in [3.8, 4) is 6.07 Å². The molecule has 0 saturated carbocycles. The van der Waals surface area contributed by atoms with E-state index in [1.807, 2.05) is 28.8 Å². The monoisotopic (exact) mass is 338 g/mol. The van der Waals surface area contributed by atoms with Gasteiger partial charge in [-0.15, -0.1) is 0 Å². The normalized spacial score (nSPS) is 11.4. The van der Waals surface area contributed by atoms with E-state index >= 15 is 0 Å². The maximum absolute atomic E-state index is 10.9. The Hall–Kier alpha value is -3.17. The maximum Gasteiger partial charge on any atom is 0.270 e. The molecule has 0 radical (unpaired) electrons. The number of allylic oxidation sites excluding steroid dienone is 1. The largest absolute Gasteiger partial charge is 0.325 e. The summed E-state index contributed by atoms with van der Waals surface area (Å²) in [7, 11) is 0. The summed E-state index contributed by atoms with van der Waals surface area (Å²) < 4.78 is 1.84. The molecular weight excluding hydrogens is 328 g/mol. The Balaban J connectivity index is 1.97. The van der Waals surface area contributed by atoms with Crippen LogP contribution < -0.4 is 0 Å². The van der Waals surface area contributed by atoms with Crippen molar-refractivity contribution in [3.05, 3.63) is 75.1 Å². The number of hydrogen-bond donors (Lipinski definition) is 0. The third kappa shape index (κ3) is 3.12. The Morgan fingerprint density at radius 3 is 2.92 bits per heavy atom. The van der Waals surface area contributed by atoms with Crippen molar-refractivity contribution < 1.29 is 4.92 Å². The van der Waals surface area contributed by atoms with Gasteiger partial charge in [-0.25, -0.2) is 4.98 Å². The van der Waals surface area contributed by atoms with Gasteiger partial charge in [0, 0.05) is 28.3 Å². The Morgan fingerprint density at radius 2 is 2.17 bits per heavy atom. The van der Waals surface area contributed by atoms with Crippen molar-refractivity contribution in [2.75, 3.05) is 0 Å². The minimum atomic E-state index is -0.497. The number of nitrogens with zero attached hydrogens (tertiary/aromatic N) is 4. The van der Waals surface area contributed by atoms with E-state index in [1.54, 1.807) is 12.4 Å². The minimum Gasteiger partial charge on any atom is -0.325 e. The Labute approximate surface area is 142 Å². The number of imidazole rings is 1. The Kier molecular flexibility index (Phi) is 4.27. The second-order valence-electron chi connectivity index (χ2n) is 5.11. The molecule has 0 saturated heterocycles. The molecule has 0 fully saturated rings. The number of nitriles is 1. The standard InChI is InChI=1S/C17H11ClN4O2/c18-15-6-5-14(22(23)24)8-13(15)7-12(9-19)10-21-11-20-16-3-1-2-4-17(16)21/h1-8,11H,10H2/b12-7-. The molecular formula is C17H11ClN4O2. The van der Waals surface area contributed by atoms with Crippen molar-refractivity contribution >= 4 is 34.4 Å². The lowest BCUT2D eigenvalue weighted by Crippen LogP contribution is -1.98. The van der Waals surface area contributed by atoms with Crippen LogP contribution in [-0.2, 0) is 6.54 Å². The Morgan fingerprint density at radius 1 is 1.38 bits per heavy atom. The van der Waals surface area contributed by atoms with Crippen LogP contribution in [0.2, 0.25) is 5.02 Å². The maximum atomic E-state index is 10.9. The number of nitro groups is 1. The highest BCUT2D eigenvalue weighted by molar-refractivity contribution is 6.32.